The fourth-order valence-corrected chi connectivity index (χ4v) is 1.76. The molecular formula is C16H23NO4. The summed E-state index contributed by atoms with van der Waals surface area (Å²) < 4.78 is 10.6. The molecule has 1 aromatic carbocycles. The predicted octanol–water partition coefficient (Wildman–Crippen LogP) is 3.33. The molecule has 5 heteroatoms. The van der Waals surface area contributed by atoms with E-state index < -0.39 is 5.97 Å². The van der Waals surface area contributed by atoms with Gasteiger partial charge in [-0.05, 0) is 51.3 Å². The third-order valence-electron chi connectivity index (χ3n) is 2.77. The van der Waals surface area contributed by atoms with Gasteiger partial charge in [0.15, 0.2) is 5.71 Å². The van der Waals surface area contributed by atoms with Crippen LogP contribution in [-0.4, -0.2) is 29.6 Å². The monoisotopic (exact) mass is 293 g/mol. The number of unbranched alkanes of at least 4 members (excludes halogenated alkanes) is 1. The predicted molar refractivity (Wildman–Crippen MR) is 81.0 cm³/mol. The number of benzene rings is 1. The topological polar surface area (TPSA) is 68.1 Å². The summed E-state index contributed by atoms with van der Waals surface area (Å²) >= 11 is 0. The van der Waals surface area contributed by atoms with E-state index in [0.717, 1.165) is 17.7 Å². The van der Waals surface area contributed by atoms with E-state index in [9.17, 15) is 4.79 Å². The zero-order chi connectivity index (χ0) is 15.7. The van der Waals surface area contributed by atoms with Gasteiger partial charge in [0.05, 0.1) is 12.7 Å². The first-order valence-electron chi connectivity index (χ1n) is 7.14. The fraction of sp³-hybridized carbons (Fsp3) is 0.500. The minimum absolute atomic E-state index is 0.0549. The van der Waals surface area contributed by atoms with Gasteiger partial charge in [-0.25, -0.2) is 4.79 Å². The summed E-state index contributed by atoms with van der Waals surface area (Å²) in [4.78, 5) is 11.6. The van der Waals surface area contributed by atoms with Crippen molar-refractivity contribution in [3.63, 3.8) is 0 Å². The number of hydrogen-bond acceptors (Lipinski definition) is 5. The van der Waals surface area contributed by atoms with E-state index in [1.807, 2.05) is 31.2 Å². The largest absolute Gasteiger partial charge is 0.494 e. The van der Waals surface area contributed by atoms with Gasteiger partial charge in [-0.3, -0.25) is 0 Å². The molecule has 0 saturated carbocycles. The molecule has 21 heavy (non-hydrogen) atoms. The van der Waals surface area contributed by atoms with Crippen molar-refractivity contribution in [1.82, 2.24) is 0 Å². The molecule has 0 atom stereocenters. The second-order valence-electron chi connectivity index (χ2n) is 5.12. The van der Waals surface area contributed by atoms with Crippen molar-refractivity contribution >= 4 is 11.7 Å². The number of hydrogen-bond donors (Lipinski definition) is 1. The molecule has 1 N–H and O–H groups in total. The lowest BCUT2D eigenvalue weighted by atomic mass is 10.1. The molecule has 0 aliphatic heterocycles. The zero-order valence-electron chi connectivity index (χ0n) is 12.8. The molecule has 0 heterocycles. The summed E-state index contributed by atoms with van der Waals surface area (Å²) in [5.41, 5.74) is 1.21. The van der Waals surface area contributed by atoms with Gasteiger partial charge in [-0.1, -0.05) is 17.3 Å². The van der Waals surface area contributed by atoms with Crippen LogP contribution in [0.3, 0.4) is 0 Å². The van der Waals surface area contributed by atoms with Gasteiger partial charge in [-0.2, -0.15) is 0 Å². The van der Waals surface area contributed by atoms with Crippen LogP contribution in [0.4, 0.5) is 0 Å². The molecule has 0 fully saturated rings. The van der Waals surface area contributed by atoms with E-state index in [2.05, 4.69) is 5.16 Å². The number of esters is 1. The number of oxime groups is 1. The van der Waals surface area contributed by atoms with Crippen molar-refractivity contribution in [2.45, 2.75) is 46.1 Å². The van der Waals surface area contributed by atoms with E-state index in [-0.39, 0.29) is 11.8 Å². The standard InChI is InChI=1S/C16H23NO4/c1-12(2)21-16(18)15(17-19)9-4-5-10-20-14-8-6-7-13(3)11-14/h6-8,11-12,19H,4-5,9-10H2,1-3H3. The zero-order valence-corrected chi connectivity index (χ0v) is 12.8. The van der Waals surface area contributed by atoms with Crippen molar-refractivity contribution in [3.8, 4) is 5.75 Å². The summed E-state index contributed by atoms with van der Waals surface area (Å²) in [6.07, 6.45) is 1.61. The number of ether oxygens (including phenoxy) is 2. The van der Waals surface area contributed by atoms with Crippen LogP contribution < -0.4 is 4.74 Å². The number of carbonyl (C=O) groups is 1. The molecule has 1 rings (SSSR count). The van der Waals surface area contributed by atoms with Crippen LogP contribution in [0.5, 0.6) is 5.75 Å². The summed E-state index contributed by atoms with van der Waals surface area (Å²) in [5, 5.41) is 11.8. The van der Waals surface area contributed by atoms with Gasteiger partial charge < -0.3 is 14.7 Å². The molecule has 0 aromatic heterocycles. The second kappa shape index (κ2) is 9.00. The maximum atomic E-state index is 11.6. The minimum Gasteiger partial charge on any atom is -0.494 e. The molecule has 0 bridgehead atoms. The number of rotatable bonds is 8. The van der Waals surface area contributed by atoms with Crippen molar-refractivity contribution < 1.29 is 19.5 Å². The van der Waals surface area contributed by atoms with Gasteiger partial charge in [0.2, 0.25) is 0 Å². The van der Waals surface area contributed by atoms with E-state index >= 15 is 0 Å². The fourth-order valence-electron chi connectivity index (χ4n) is 1.76. The smallest absolute Gasteiger partial charge is 0.356 e. The Morgan fingerprint density at radius 2 is 2.10 bits per heavy atom. The maximum Gasteiger partial charge on any atom is 0.356 e. The summed E-state index contributed by atoms with van der Waals surface area (Å²) in [6.45, 7) is 6.07. The second-order valence-corrected chi connectivity index (χ2v) is 5.12. The Bertz CT molecular complexity index is 483. The molecule has 0 spiro atoms. The normalized spacial score (nSPS) is 11.5. The Balaban J connectivity index is 2.25. The van der Waals surface area contributed by atoms with E-state index in [1.165, 1.54) is 0 Å². The first-order valence-corrected chi connectivity index (χ1v) is 7.14. The molecule has 5 nitrogen and oxygen atoms in total. The molecule has 0 saturated heterocycles. The van der Waals surface area contributed by atoms with Crippen LogP contribution in [0.15, 0.2) is 29.4 Å². The van der Waals surface area contributed by atoms with E-state index in [0.29, 0.717) is 19.4 Å². The number of nitrogens with zero attached hydrogens (tertiary/aromatic N) is 1. The number of carbonyl (C=O) groups excluding carboxylic acids is 1. The van der Waals surface area contributed by atoms with E-state index in [4.69, 9.17) is 14.7 Å². The Morgan fingerprint density at radius 1 is 1.33 bits per heavy atom. The van der Waals surface area contributed by atoms with Crippen LogP contribution >= 0.6 is 0 Å². The lowest BCUT2D eigenvalue weighted by Gasteiger charge is -2.09. The van der Waals surface area contributed by atoms with Crippen molar-refractivity contribution in [3.05, 3.63) is 29.8 Å². The molecule has 0 unspecified atom stereocenters. The van der Waals surface area contributed by atoms with E-state index in [1.54, 1.807) is 13.8 Å². The van der Waals surface area contributed by atoms with Crippen LogP contribution in [0, 0.1) is 6.92 Å². The highest BCUT2D eigenvalue weighted by atomic mass is 16.5. The number of aryl methyl sites for hydroxylation is 1. The van der Waals surface area contributed by atoms with Crippen LogP contribution in [0.25, 0.3) is 0 Å². The van der Waals surface area contributed by atoms with Gasteiger partial charge in [0, 0.05) is 6.42 Å². The average Bonchev–Trinajstić information content (AvgIpc) is 2.42. The third-order valence-corrected chi connectivity index (χ3v) is 2.77. The molecular weight excluding hydrogens is 270 g/mol. The van der Waals surface area contributed by atoms with Crippen LogP contribution in [0.1, 0.15) is 38.7 Å². The first kappa shape index (κ1) is 17.0. The highest BCUT2D eigenvalue weighted by Gasteiger charge is 2.14. The Morgan fingerprint density at radius 3 is 2.71 bits per heavy atom. The molecule has 0 aliphatic carbocycles. The molecule has 1 aromatic rings. The summed E-state index contributed by atoms with van der Waals surface area (Å²) in [5.74, 6) is 0.275. The summed E-state index contributed by atoms with van der Waals surface area (Å²) in [6, 6.07) is 7.84. The van der Waals surface area contributed by atoms with Crippen molar-refractivity contribution in [2.24, 2.45) is 5.16 Å². The molecule has 0 amide bonds. The maximum absolute atomic E-state index is 11.6. The highest BCUT2D eigenvalue weighted by Crippen LogP contribution is 2.13. The van der Waals surface area contributed by atoms with Gasteiger partial charge in [0.1, 0.15) is 5.75 Å². The first-order chi connectivity index (χ1) is 10.0. The van der Waals surface area contributed by atoms with Crippen molar-refractivity contribution in [2.75, 3.05) is 6.61 Å². The lowest BCUT2D eigenvalue weighted by Crippen LogP contribution is -2.21. The van der Waals surface area contributed by atoms with Gasteiger partial charge in [0.25, 0.3) is 0 Å². The lowest BCUT2D eigenvalue weighted by molar-refractivity contribution is -0.139. The SMILES string of the molecule is Cc1cccc(OCCCCC(=NO)C(=O)OC(C)C)c1. The molecule has 116 valence electrons. The minimum atomic E-state index is -0.563. The highest BCUT2D eigenvalue weighted by molar-refractivity contribution is 6.36. The van der Waals surface area contributed by atoms with Crippen LogP contribution in [-0.2, 0) is 9.53 Å². The Hall–Kier alpha value is -2.04. The van der Waals surface area contributed by atoms with Gasteiger partial charge in [-0.15, -0.1) is 0 Å². The Kier molecular flexibility index (Phi) is 7.29. The van der Waals surface area contributed by atoms with Crippen LogP contribution in [0.2, 0.25) is 0 Å². The quantitative estimate of drug-likeness (QED) is 0.262. The molecule has 0 aliphatic rings. The summed E-state index contributed by atoms with van der Waals surface area (Å²) in [7, 11) is 0. The van der Waals surface area contributed by atoms with Crippen molar-refractivity contribution in [1.29, 1.82) is 0 Å². The molecule has 0 radical (unpaired) electrons. The van der Waals surface area contributed by atoms with Gasteiger partial charge >= 0.3 is 5.97 Å². The average molecular weight is 293 g/mol. The Labute approximate surface area is 125 Å². The third kappa shape index (κ3) is 6.79.